The van der Waals surface area contributed by atoms with Gasteiger partial charge in [-0.3, -0.25) is 4.79 Å². The third kappa shape index (κ3) is 5.54. The van der Waals surface area contributed by atoms with Crippen LogP contribution < -0.4 is 14.8 Å². The Morgan fingerprint density at radius 1 is 1.03 bits per heavy atom. The smallest absolute Gasteiger partial charge is 0.160 e. The molecule has 0 spiro atoms. The van der Waals surface area contributed by atoms with Gasteiger partial charge in [-0.2, -0.15) is 0 Å². The lowest BCUT2D eigenvalue weighted by atomic mass is 9.96. The third-order valence-electron chi connectivity index (χ3n) is 5.69. The Morgan fingerprint density at radius 3 is 2.42 bits per heavy atom. The van der Waals surface area contributed by atoms with Crippen molar-refractivity contribution in [1.29, 1.82) is 0 Å². The van der Waals surface area contributed by atoms with Crippen molar-refractivity contribution in [3.05, 3.63) is 89.0 Å². The number of Topliss-reactive ketones (excluding diaryl/α,β-unsaturated/α-hetero) is 1. The van der Waals surface area contributed by atoms with Crippen molar-refractivity contribution in [1.82, 2.24) is 0 Å². The molecule has 3 aromatic carbocycles. The molecule has 4 heteroatoms. The second kappa shape index (κ2) is 10.1. The van der Waals surface area contributed by atoms with Gasteiger partial charge >= 0.3 is 0 Å². The highest BCUT2D eigenvalue weighted by Crippen LogP contribution is 2.48. The first-order chi connectivity index (χ1) is 14.9. The molecule has 0 saturated carbocycles. The van der Waals surface area contributed by atoms with Gasteiger partial charge in [-0.1, -0.05) is 70.5 Å². The average Bonchev–Trinajstić information content (AvgIpc) is 2.79. The molecule has 0 bridgehead atoms. The van der Waals surface area contributed by atoms with Crippen LogP contribution in [0.25, 0.3) is 0 Å². The maximum Gasteiger partial charge on any atom is 0.160 e. The van der Waals surface area contributed by atoms with Crippen LogP contribution in [0.15, 0.2) is 66.7 Å². The summed E-state index contributed by atoms with van der Waals surface area (Å²) in [5, 5.41) is 0.902. The van der Waals surface area contributed by atoms with E-state index in [2.05, 4.69) is 44.2 Å². The zero-order valence-corrected chi connectivity index (χ0v) is 20.0. The summed E-state index contributed by atoms with van der Waals surface area (Å²) in [6.07, 6.45) is 0.908. The number of aryl methyl sites for hydroxylation is 1. The number of methoxy groups -OCH3 is 1. The van der Waals surface area contributed by atoms with E-state index in [1.807, 2.05) is 43.3 Å². The molecule has 0 saturated heterocycles. The standard InChI is InChI=1S/C27H31O3P/c1-6-27(4,31-26-15-12-19(2)16-23(26)20(3)28)24-17-22(29-5)13-14-25(24)30-18-21-10-8-7-9-11-21/h7-17,31H,6,18H2,1-5H3. The fourth-order valence-electron chi connectivity index (χ4n) is 3.63. The Morgan fingerprint density at radius 2 is 1.77 bits per heavy atom. The molecule has 0 heterocycles. The normalized spacial score (nSPS) is 13.2. The van der Waals surface area contributed by atoms with Crippen LogP contribution in [-0.4, -0.2) is 12.9 Å². The van der Waals surface area contributed by atoms with Gasteiger partial charge in [0.2, 0.25) is 0 Å². The number of ether oxygens (including phenoxy) is 2. The highest BCUT2D eigenvalue weighted by Gasteiger charge is 2.30. The van der Waals surface area contributed by atoms with Gasteiger partial charge in [0.05, 0.1) is 7.11 Å². The molecule has 0 amide bonds. The summed E-state index contributed by atoms with van der Waals surface area (Å²) in [5.74, 6) is 1.77. The van der Waals surface area contributed by atoms with Gasteiger partial charge in [-0.25, -0.2) is 0 Å². The van der Waals surface area contributed by atoms with Crippen molar-refractivity contribution >= 4 is 19.7 Å². The molecule has 0 radical (unpaired) electrons. The average molecular weight is 435 g/mol. The van der Waals surface area contributed by atoms with E-state index in [9.17, 15) is 4.79 Å². The second-order valence-corrected chi connectivity index (χ2v) is 9.94. The van der Waals surface area contributed by atoms with Crippen molar-refractivity contribution in [2.45, 2.75) is 45.9 Å². The first-order valence-corrected chi connectivity index (χ1v) is 11.6. The van der Waals surface area contributed by atoms with Crippen LogP contribution in [0.3, 0.4) is 0 Å². The van der Waals surface area contributed by atoms with Crippen LogP contribution >= 0.6 is 8.58 Å². The van der Waals surface area contributed by atoms with Crippen molar-refractivity contribution in [3.8, 4) is 11.5 Å². The summed E-state index contributed by atoms with van der Waals surface area (Å²) in [7, 11) is 2.11. The summed E-state index contributed by atoms with van der Waals surface area (Å²) in [6.45, 7) is 8.61. The van der Waals surface area contributed by atoms with Crippen LogP contribution in [0.1, 0.15) is 54.2 Å². The predicted molar refractivity (Wildman–Crippen MR) is 131 cm³/mol. The molecule has 0 aromatic heterocycles. The number of benzene rings is 3. The van der Waals surface area contributed by atoms with Crippen LogP contribution in [0.2, 0.25) is 0 Å². The molecule has 0 N–H and O–H groups in total. The minimum atomic E-state index is -0.194. The van der Waals surface area contributed by atoms with Gasteiger partial charge in [-0.15, -0.1) is 0 Å². The van der Waals surface area contributed by atoms with Gasteiger partial charge in [0.25, 0.3) is 0 Å². The van der Waals surface area contributed by atoms with Crippen LogP contribution in [-0.2, 0) is 11.8 Å². The molecule has 0 fully saturated rings. The van der Waals surface area contributed by atoms with E-state index in [1.54, 1.807) is 14.0 Å². The van der Waals surface area contributed by atoms with Crippen molar-refractivity contribution in [2.24, 2.45) is 0 Å². The highest BCUT2D eigenvalue weighted by atomic mass is 31.1. The monoisotopic (exact) mass is 434 g/mol. The number of ketones is 1. The van der Waals surface area contributed by atoms with E-state index in [4.69, 9.17) is 9.47 Å². The Balaban J connectivity index is 2.00. The second-order valence-electron chi connectivity index (χ2n) is 8.05. The molecule has 162 valence electrons. The minimum Gasteiger partial charge on any atom is -0.497 e. The first-order valence-electron chi connectivity index (χ1n) is 10.6. The molecule has 31 heavy (non-hydrogen) atoms. The van der Waals surface area contributed by atoms with Gasteiger partial charge in [0.1, 0.15) is 18.1 Å². The number of carbonyl (C=O) groups is 1. The summed E-state index contributed by atoms with van der Waals surface area (Å²) >= 11 is 0. The van der Waals surface area contributed by atoms with Crippen molar-refractivity contribution in [3.63, 3.8) is 0 Å². The molecule has 2 unspecified atom stereocenters. The molecule has 0 aliphatic carbocycles. The van der Waals surface area contributed by atoms with Gasteiger partial charge in [0.15, 0.2) is 5.78 Å². The van der Waals surface area contributed by atoms with E-state index in [0.717, 1.165) is 45.5 Å². The number of carbonyl (C=O) groups excluding carboxylic acids is 1. The number of rotatable bonds is 9. The Labute approximate surface area is 187 Å². The summed E-state index contributed by atoms with van der Waals surface area (Å²) in [5.41, 5.74) is 4.15. The lowest BCUT2D eigenvalue weighted by Crippen LogP contribution is -2.22. The van der Waals surface area contributed by atoms with Crippen LogP contribution in [0.4, 0.5) is 0 Å². The summed E-state index contributed by atoms with van der Waals surface area (Å²) < 4.78 is 11.8. The lowest BCUT2D eigenvalue weighted by molar-refractivity contribution is 0.101. The number of hydrogen-bond acceptors (Lipinski definition) is 3. The third-order valence-corrected chi connectivity index (χ3v) is 7.57. The maximum absolute atomic E-state index is 12.3. The van der Waals surface area contributed by atoms with Crippen LogP contribution in [0.5, 0.6) is 11.5 Å². The summed E-state index contributed by atoms with van der Waals surface area (Å²) in [6, 6.07) is 22.4. The fourth-order valence-corrected chi connectivity index (χ4v) is 5.28. The van der Waals surface area contributed by atoms with Crippen molar-refractivity contribution in [2.75, 3.05) is 7.11 Å². The SMILES string of the molecule is CCC(C)(Pc1ccc(C)cc1C(C)=O)c1cc(OC)ccc1OCc1ccccc1. The zero-order valence-electron chi connectivity index (χ0n) is 19.0. The minimum absolute atomic E-state index is 0.107. The lowest BCUT2D eigenvalue weighted by Gasteiger charge is -2.32. The molecular formula is C27H31O3P. The Hall–Kier alpha value is -2.64. The number of hydrogen-bond donors (Lipinski definition) is 0. The molecule has 0 aliphatic heterocycles. The van der Waals surface area contributed by atoms with E-state index >= 15 is 0 Å². The topological polar surface area (TPSA) is 35.5 Å². The van der Waals surface area contributed by atoms with Gasteiger partial charge < -0.3 is 9.47 Å². The first kappa shape index (κ1) is 23.0. The molecule has 3 rings (SSSR count). The van der Waals surface area contributed by atoms with Crippen molar-refractivity contribution < 1.29 is 14.3 Å². The molecule has 0 aliphatic rings. The molecule has 3 nitrogen and oxygen atoms in total. The fraction of sp³-hybridized carbons (Fsp3) is 0.296. The predicted octanol–water partition coefficient (Wildman–Crippen LogP) is 6.41. The molecule has 2 atom stereocenters. The van der Waals surface area contributed by atoms with E-state index < -0.39 is 0 Å². The highest BCUT2D eigenvalue weighted by molar-refractivity contribution is 7.48. The van der Waals surface area contributed by atoms with E-state index in [0.29, 0.717) is 15.2 Å². The van der Waals surface area contributed by atoms with Gasteiger partial charge in [0, 0.05) is 16.3 Å². The molecular weight excluding hydrogens is 403 g/mol. The van der Waals surface area contributed by atoms with Crippen LogP contribution in [0, 0.1) is 6.92 Å². The largest absolute Gasteiger partial charge is 0.497 e. The quantitative estimate of drug-likeness (QED) is 0.288. The van der Waals surface area contributed by atoms with E-state index in [1.165, 1.54) is 0 Å². The van der Waals surface area contributed by atoms with Gasteiger partial charge in [-0.05, 0) is 55.4 Å². The molecule has 3 aromatic rings. The van der Waals surface area contributed by atoms with E-state index in [-0.39, 0.29) is 10.9 Å². The Kier molecular flexibility index (Phi) is 7.51. The Bertz CT molecular complexity index is 1050. The zero-order chi connectivity index (χ0) is 22.4. The summed E-state index contributed by atoms with van der Waals surface area (Å²) in [4.78, 5) is 12.3. The maximum atomic E-state index is 12.3.